The van der Waals surface area contributed by atoms with Crippen LogP contribution in [0.2, 0.25) is 0 Å². The van der Waals surface area contributed by atoms with Crippen molar-refractivity contribution in [2.45, 2.75) is 6.92 Å². The van der Waals surface area contributed by atoms with Crippen LogP contribution in [-0.4, -0.2) is 21.4 Å². The summed E-state index contributed by atoms with van der Waals surface area (Å²) in [6, 6.07) is 14.9. The van der Waals surface area contributed by atoms with Gasteiger partial charge in [0.2, 0.25) is 5.89 Å². The maximum Gasteiger partial charge on any atom is 0.227 e. The van der Waals surface area contributed by atoms with Gasteiger partial charge < -0.3 is 14.6 Å². The first-order chi connectivity index (χ1) is 13.4. The standard InChI is InChI=1S/C21H14Br2N2O3/c1-11-2-7-17-16(8-11)25-21(28-17)12-3-5-14(6-4-12)24-10-13-9-15(22)20(27)18(23)19(13)26/h2-10,26-27H,1H3. The number of benzene rings is 3. The van der Waals surface area contributed by atoms with Gasteiger partial charge in [0, 0.05) is 17.3 Å². The van der Waals surface area contributed by atoms with E-state index in [1.807, 2.05) is 49.4 Å². The van der Waals surface area contributed by atoms with Gasteiger partial charge in [-0.2, -0.15) is 0 Å². The van der Waals surface area contributed by atoms with Gasteiger partial charge in [0.05, 0.1) is 10.2 Å². The van der Waals surface area contributed by atoms with Gasteiger partial charge in [-0.25, -0.2) is 4.98 Å². The van der Waals surface area contributed by atoms with Gasteiger partial charge in [0.1, 0.15) is 21.5 Å². The van der Waals surface area contributed by atoms with Gasteiger partial charge in [0.15, 0.2) is 5.58 Å². The largest absolute Gasteiger partial charge is 0.506 e. The summed E-state index contributed by atoms with van der Waals surface area (Å²) < 4.78 is 6.49. The molecule has 0 aliphatic rings. The molecular formula is C21H14Br2N2O3. The molecule has 0 amide bonds. The van der Waals surface area contributed by atoms with E-state index in [0.29, 0.717) is 21.6 Å². The van der Waals surface area contributed by atoms with E-state index in [1.165, 1.54) is 6.21 Å². The van der Waals surface area contributed by atoms with Crippen LogP contribution < -0.4 is 0 Å². The summed E-state index contributed by atoms with van der Waals surface area (Å²) in [6.45, 7) is 2.02. The number of rotatable bonds is 3. The molecule has 0 unspecified atom stereocenters. The van der Waals surface area contributed by atoms with Crippen LogP contribution in [0, 0.1) is 6.92 Å². The van der Waals surface area contributed by atoms with Gasteiger partial charge in [-0.3, -0.25) is 4.99 Å². The normalized spacial score (nSPS) is 11.5. The number of phenolic OH excluding ortho intramolecular Hbond substituents is 2. The third-order valence-electron chi connectivity index (χ3n) is 4.21. The van der Waals surface area contributed by atoms with Gasteiger partial charge in [0.25, 0.3) is 0 Å². The second-order valence-electron chi connectivity index (χ2n) is 6.25. The molecule has 0 atom stereocenters. The second-order valence-corrected chi connectivity index (χ2v) is 7.90. The van der Waals surface area contributed by atoms with Gasteiger partial charge in [-0.15, -0.1) is 0 Å². The zero-order chi connectivity index (χ0) is 19.8. The molecule has 0 saturated heterocycles. The number of aryl methyl sites for hydroxylation is 1. The Morgan fingerprint density at radius 3 is 2.50 bits per heavy atom. The Hall–Kier alpha value is -2.64. The average Bonchev–Trinajstić information content (AvgIpc) is 3.11. The smallest absolute Gasteiger partial charge is 0.227 e. The predicted octanol–water partition coefficient (Wildman–Crippen LogP) is 6.49. The number of aliphatic imine (C=N–C) groups is 1. The summed E-state index contributed by atoms with van der Waals surface area (Å²) in [4.78, 5) is 8.91. The van der Waals surface area contributed by atoms with Gasteiger partial charge in [-0.05, 0) is 86.8 Å². The van der Waals surface area contributed by atoms with Crippen molar-refractivity contribution in [1.82, 2.24) is 4.98 Å². The first kappa shape index (κ1) is 18.7. The third kappa shape index (κ3) is 3.55. The Balaban J connectivity index is 1.60. The molecule has 0 spiro atoms. The number of phenols is 2. The fraction of sp³-hybridized carbons (Fsp3) is 0.0476. The summed E-state index contributed by atoms with van der Waals surface area (Å²) in [7, 11) is 0. The molecule has 4 rings (SSSR count). The molecular weight excluding hydrogens is 488 g/mol. The predicted molar refractivity (Wildman–Crippen MR) is 117 cm³/mol. The number of aromatic hydroxyl groups is 2. The summed E-state index contributed by atoms with van der Waals surface area (Å²) >= 11 is 6.39. The minimum atomic E-state index is -0.0807. The van der Waals surface area contributed by atoms with Crippen LogP contribution in [0.25, 0.3) is 22.6 Å². The highest BCUT2D eigenvalue weighted by Crippen LogP contribution is 2.40. The number of aromatic nitrogens is 1. The topological polar surface area (TPSA) is 78.9 Å². The van der Waals surface area contributed by atoms with E-state index in [0.717, 1.165) is 22.2 Å². The van der Waals surface area contributed by atoms with E-state index in [4.69, 9.17) is 4.42 Å². The molecule has 0 fully saturated rings. The van der Waals surface area contributed by atoms with Crippen LogP contribution in [-0.2, 0) is 0 Å². The highest BCUT2D eigenvalue weighted by molar-refractivity contribution is 9.11. The molecule has 4 aromatic rings. The fourth-order valence-corrected chi connectivity index (χ4v) is 3.86. The highest BCUT2D eigenvalue weighted by atomic mass is 79.9. The molecule has 0 saturated carbocycles. The molecule has 0 bridgehead atoms. The molecule has 7 heteroatoms. The van der Waals surface area contributed by atoms with Crippen molar-refractivity contribution in [2.24, 2.45) is 4.99 Å². The van der Waals surface area contributed by atoms with Crippen molar-refractivity contribution in [2.75, 3.05) is 0 Å². The monoisotopic (exact) mass is 500 g/mol. The molecule has 1 heterocycles. The van der Waals surface area contributed by atoms with Crippen LogP contribution in [0.3, 0.4) is 0 Å². The number of halogens is 2. The van der Waals surface area contributed by atoms with Crippen molar-refractivity contribution < 1.29 is 14.6 Å². The van der Waals surface area contributed by atoms with Crippen molar-refractivity contribution in [3.8, 4) is 23.0 Å². The molecule has 0 aliphatic carbocycles. The number of hydrogen-bond donors (Lipinski definition) is 2. The summed E-state index contributed by atoms with van der Waals surface area (Å²) in [6.07, 6.45) is 1.53. The molecule has 2 N–H and O–H groups in total. The molecule has 140 valence electrons. The lowest BCUT2D eigenvalue weighted by Crippen LogP contribution is -1.85. The Kier molecular flexibility index (Phi) is 4.95. The molecule has 0 radical (unpaired) electrons. The van der Waals surface area contributed by atoms with E-state index in [1.54, 1.807) is 6.07 Å². The Labute approximate surface area is 177 Å². The van der Waals surface area contributed by atoms with Crippen LogP contribution in [0.5, 0.6) is 11.5 Å². The zero-order valence-electron chi connectivity index (χ0n) is 14.6. The average molecular weight is 502 g/mol. The Morgan fingerprint density at radius 1 is 1.00 bits per heavy atom. The van der Waals surface area contributed by atoms with Crippen molar-refractivity contribution in [3.63, 3.8) is 0 Å². The molecule has 28 heavy (non-hydrogen) atoms. The lowest BCUT2D eigenvalue weighted by atomic mass is 10.2. The first-order valence-corrected chi connectivity index (χ1v) is 9.92. The molecule has 5 nitrogen and oxygen atoms in total. The lowest BCUT2D eigenvalue weighted by Gasteiger charge is -2.06. The van der Waals surface area contributed by atoms with Crippen LogP contribution in [0.15, 0.2) is 66.9 Å². The van der Waals surface area contributed by atoms with Gasteiger partial charge >= 0.3 is 0 Å². The van der Waals surface area contributed by atoms with Crippen LogP contribution in [0.4, 0.5) is 5.69 Å². The Bertz CT molecular complexity index is 1210. The second kappa shape index (κ2) is 7.41. The fourth-order valence-electron chi connectivity index (χ4n) is 2.71. The van der Waals surface area contributed by atoms with Crippen molar-refractivity contribution >= 4 is 54.9 Å². The quantitative estimate of drug-likeness (QED) is 0.314. The maximum atomic E-state index is 10.1. The highest BCUT2D eigenvalue weighted by Gasteiger charge is 2.13. The van der Waals surface area contributed by atoms with Crippen molar-refractivity contribution in [3.05, 3.63) is 68.6 Å². The zero-order valence-corrected chi connectivity index (χ0v) is 17.8. The van der Waals surface area contributed by atoms with E-state index in [2.05, 4.69) is 41.8 Å². The third-order valence-corrected chi connectivity index (χ3v) is 5.56. The summed E-state index contributed by atoms with van der Waals surface area (Å²) in [5.74, 6) is 0.413. The summed E-state index contributed by atoms with van der Waals surface area (Å²) in [5.41, 5.74) is 4.74. The molecule has 1 aromatic heterocycles. The SMILES string of the molecule is Cc1ccc2oc(-c3ccc(N=Cc4cc(Br)c(O)c(Br)c4O)cc3)nc2c1. The molecule has 3 aromatic carbocycles. The minimum Gasteiger partial charge on any atom is -0.506 e. The van der Waals surface area contributed by atoms with Crippen LogP contribution >= 0.6 is 31.9 Å². The van der Waals surface area contributed by atoms with E-state index in [-0.39, 0.29) is 16.0 Å². The summed E-state index contributed by atoms with van der Waals surface area (Å²) in [5, 5.41) is 19.9. The van der Waals surface area contributed by atoms with Crippen molar-refractivity contribution in [1.29, 1.82) is 0 Å². The first-order valence-electron chi connectivity index (χ1n) is 8.34. The number of nitrogens with zero attached hydrogens (tertiary/aromatic N) is 2. The number of hydrogen-bond acceptors (Lipinski definition) is 5. The number of oxazole rings is 1. The maximum absolute atomic E-state index is 10.1. The van der Waals surface area contributed by atoms with E-state index in [9.17, 15) is 10.2 Å². The Morgan fingerprint density at radius 2 is 1.75 bits per heavy atom. The van der Waals surface area contributed by atoms with Gasteiger partial charge in [-0.1, -0.05) is 6.07 Å². The number of fused-ring (bicyclic) bond motifs is 1. The lowest BCUT2D eigenvalue weighted by molar-refractivity contribution is 0.442. The molecule has 0 aliphatic heterocycles. The minimum absolute atomic E-state index is 0.0625. The van der Waals surface area contributed by atoms with E-state index < -0.39 is 0 Å². The van der Waals surface area contributed by atoms with Crippen LogP contribution in [0.1, 0.15) is 11.1 Å². The van der Waals surface area contributed by atoms with E-state index >= 15 is 0 Å².